The van der Waals surface area contributed by atoms with Crippen molar-refractivity contribution in [3.63, 3.8) is 0 Å². The van der Waals surface area contributed by atoms with E-state index in [1.165, 1.54) is 21.3 Å². The first kappa shape index (κ1) is 20.8. The third-order valence-electron chi connectivity index (χ3n) is 4.36. The Hall–Kier alpha value is -3.88. The maximum Gasteiger partial charge on any atom is 0.355 e. The topological polar surface area (TPSA) is 108 Å². The van der Waals surface area contributed by atoms with Gasteiger partial charge in [0.25, 0.3) is 5.91 Å². The molecule has 2 aromatic carbocycles. The molecule has 3 rings (SSSR count). The predicted molar refractivity (Wildman–Crippen MR) is 110 cm³/mol. The van der Waals surface area contributed by atoms with Crippen LogP contribution in [0.3, 0.4) is 0 Å². The van der Waals surface area contributed by atoms with Crippen LogP contribution >= 0.6 is 0 Å². The Balaban J connectivity index is 1.69. The Labute approximate surface area is 172 Å². The van der Waals surface area contributed by atoms with E-state index in [1.54, 1.807) is 43.5 Å². The van der Waals surface area contributed by atoms with E-state index in [0.717, 1.165) is 0 Å². The lowest BCUT2D eigenvalue weighted by molar-refractivity contribution is -0.119. The van der Waals surface area contributed by atoms with Crippen LogP contribution in [0.1, 0.15) is 10.5 Å². The van der Waals surface area contributed by atoms with Gasteiger partial charge in [-0.3, -0.25) is 4.79 Å². The quantitative estimate of drug-likeness (QED) is 0.546. The number of aromatic nitrogens is 1. The smallest absolute Gasteiger partial charge is 0.355 e. The number of esters is 1. The fourth-order valence-electron chi connectivity index (χ4n) is 2.88. The number of aromatic amines is 1. The van der Waals surface area contributed by atoms with E-state index in [-0.39, 0.29) is 5.69 Å². The van der Waals surface area contributed by atoms with Gasteiger partial charge in [0, 0.05) is 17.5 Å². The molecule has 0 fully saturated rings. The van der Waals surface area contributed by atoms with Crippen molar-refractivity contribution in [3.05, 3.63) is 42.1 Å². The Bertz CT molecular complexity index is 1070. The predicted octanol–water partition coefficient (Wildman–Crippen LogP) is 3.00. The lowest BCUT2D eigenvalue weighted by atomic mass is 10.2. The molecule has 1 heterocycles. The summed E-state index contributed by atoms with van der Waals surface area (Å²) >= 11 is 0. The standard InChI is InChI=1S/C21H22N2O7/c1-26-13-5-6-17(28-3)15(9-13)22-19(24)11-30-21(25)16-8-12-7-14(27-2)10-18(29-4)20(12)23-16/h5-10,23H,11H2,1-4H3,(H,22,24). The van der Waals surface area contributed by atoms with E-state index in [0.29, 0.717) is 39.6 Å². The summed E-state index contributed by atoms with van der Waals surface area (Å²) in [6, 6.07) is 10.0. The summed E-state index contributed by atoms with van der Waals surface area (Å²) in [4.78, 5) is 27.6. The first-order chi connectivity index (χ1) is 14.5. The first-order valence-electron chi connectivity index (χ1n) is 8.92. The zero-order valence-electron chi connectivity index (χ0n) is 17.0. The normalized spacial score (nSPS) is 10.4. The van der Waals surface area contributed by atoms with E-state index in [1.807, 2.05) is 0 Å². The second-order valence-electron chi connectivity index (χ2n) is 6.17. The molecule has 0 aliphatic rings. The third kappa shape index (κ3) is 4.40. The summed E-state index contributed by atoms with van der Waals surface area (Å²) in [5, 5.41) is 3.35. The number of hydrogen-bond donors (Lipinski definition) is 2. The zero-order chi connectivity index (χ0) is 21.7. The number of nitrogens with one attached hydrogen (secondary N) is 2. The van der Waals surface area contributed by atoms with Crippen LogP contribution in [0.15, 0.2) is 36.4 Å². The number of carbonyl (C=O) groups is 2. The molecule has 0 saturated heterocycles. The van der Waals surface area contributed by atoms with E-state index in [2.05, 4.69) is 10.3 Å². The Kier molecular flexibility index (Phi) is 6.31. The highest BCUT2D eigenvalue weighted by Gasteiger charge is 2.17. The van der Waals surface area contributed by atoms with Crippen molar-refractivity contribution in [2.24, 2.45) is 0 Å². The number of carbonyl (C=O) groups excluding carboxylic acids is 2. The molecule has 0 unspecified atom stereocenters. The van der Waals surface area contributed by atoms with Gasteiger partial charge in [-0.05, 0) is 24.3 Å². The molecule has 9 heteroatoms. The summed E-state index contributed by atoms with van der Waals surface area (Å²) in [6.45, 7) is -0.477. The largest absolute Gasteiger partial charge is 0.497 e. The highest BCUT2D eigenvalue weighted by Crippen LogP contribution is 2.31. The van der Waals surface area contributed by atoms with Gasteiger partial charge in [0.2, 0.25) is 0 Å². The van der Waals surface area contributed by atoms with Gasteiger partial charge in [-0.1, -0.05) is 0 Å². The second-order valence-corrected chi connectivity index (χ2v) is 6.17. The number of hydrogen-bond acceptors (Lipinski definition) is 7. The molecule has 0 bridgehead atoms. The van der Waals surface area contributed by atoms with Gasteiger partial charge in [0.05, 0.1) is 39.6 Å². The average Bonchev–Trinajstić information content (AvgIpc) is 3.20. The maximum atomic E-state index is 12.4. The maximum absolute atomic E-state index is 12.4. The molecule has 1 aromatic heterocycles. The molecule has 0 atom stereocenters. The fraction of sp³-hybridized carbons (Fsp3) is 0.238. The van der Waals surface area contributed by atoms with Crippen molar-refractivity contribution in [1.29, 1.82) is 0 Å². The number of anilines is 1. The van der Waals surface area contributed by atoms with Gasteiger partial charge in [0.15, 0.2) is 6.61 Å². The molecule has 1 amide bonds. The minimum atomic E-state index is -0.681. The molecule has 30 heavy (non-hydrogen) atoms. The van der Waals surface area contributed by atoms with Crippen LogP contribution < -0.4 is 24.3 Å². The SMILES string of the molecule is COc1ccc(OC)c(NC(=O)COC(=O)c2cc3cc(OC)cc(OC)c3[nH]2)c1. The Morgan fingerprint density at radius 1 is 0.867 bits per heavy atom. The minimum Gasteiger partial charge on any atom is -0.497 e. The van der Waals surface area contributed by atoms with Crippen molar-refractivity contribution >= 4 is 28.5 Å². The van der Waals surface area contributed by atoms with Crippen molar-refractivity contribution < 1.29 is 33.3 Å². The number of H-pyrrole nitrogens is 1. The van der Waals surface area contributed by atoms with Crippen molar-refractivity contribution in [3.8, 4) is 23.0 Å². The van der Waals surface area contributed by atoms with E-state index < -0.39 is 18.5 Å². The van der Waals surface area contributed by atoms with E-state index in [9.17, 15) is 9.59 Å². The Morgan fingerprint density at radius 3 is 2.27 bits per heavy atom. The number of methoxy groups -OCH3 is 4. The first-order valence-corrected chi connectivity index (χ1v) is 8.92. The van der Waals surface area contributed by atoms with E-state index in [4.69, 9.17) is 23.7 Å². The third-order valence-corrected chi connectivity index (χ3v) is 4.36. The summed E-state index contributed by atoms with van der Waals surface area (Å²) in [7, 11) is 6.05. The van der Waals surface area contributed by atoms with Crippen LogP contribution in [0.2, 0.25) is 0 Å². The van der Waals surface area contributed by atoms with Crippen LogP contribution in [0.25, 0.3) is 10.9 Å². The highest BCUT2D eigenvalue weighted by atomic mass is 16.5. The fourth-order valence-corrected chi connectivity index (χ4v) is 2.88. The van der Waals surface area contributed by atoms with Crippen LogP contribution in [0.4, 0.5) is 5.69 Å². The van der Waals surface area contributed by atoms with Crippen molar-refractivity contribution in [1.82, 2.24) is 4.98 Å². The molecule has 3 aromatic rings. The molecule has 2 N–H and O–H groups in total. The van der Waals surface area contributed by atoms with Gasteiger partial charge < -0.3 is 34.0 Å². The van der Waals surface area contributed by atoms with Gasteiger partial charge in [-0.25, -0.2) is 4.79 Å². The molecule has 0 radical (unpaired) electrons. The molecule has 0 aliphatic carbocycles. The van der Waals surface area contributed by atoms with Crippen LogP contribution in [0, 0.1) is 0 Å². The lowest BCUT2D eigenvalue weighted by Crippen LogP contribution is -2.21. The zero-order valence-corrected chi connectivity index (χ0v) is 17.0. The summed E-state index contributed by atoms with van der Waals surface area (Å²) in [6.07, 6.45) is 0. The number of fused-ring (bicyclic) bond motifs is 1. The average molecular weight is 414 g/mol. The van der Waals surface area contributed by atoms with Crippen molar-refractivity contribution in [2.75, 3.05) is 40.4 Å². The van der Waals surface area contributed by atoms with Crippen molar-refractivity contribution in [2.45, 2.75) is 0 Å². The monoisotopic (exact) mass is 414 g/mol. The highest BCUT2D eigenvalue weighted by molar-refractivity contribution is 5.99. The molecule has 158 valence electrons. The minimum absolute atomic E-state index is 0.184. The van der Waals surface area contributed by atoms with Crippen LogP contribution in [0.5, 0.6) is 23.0 Å². The molecule has 9 nitrogen and oxygen atoms in total. The number of ether oxygens (including phenoxy) is 5. The molecular formula is C21H22N2O7. The van der Waals surface area contributed by atoms with E-state index >= 15 is 0 Å². The van der Waals surface area contributed by atoms with Gasteiger partial charge in [0.1, 0.15) is 28.7 Å². The summed E-state index contributed by atoms with van der Waals surface area (Å²) < 4.78 is 26.0. The van der Waals surface area contributed by atoms with Crippen LogP contribution in [-0.4, -0.2) is 51.9 Å². The summed E-state index contributed by atoms with van der Waals surface area (Å²) in [5.74, 6) is 0.902. The van der Waals surface area contributed by atoms with Crippen LogP contribution in [-0.2, 0) is 9.53 Å². The summed E-state index contributed by atoms with van der Waals surface area (Å²) in [5.41, 5.74) is 1.21. The van der Waals surface area contributed by atoms with Gasteiger partial charge >= 0.3 is 5.97 Å². The molecular weight excluding hydrogens is 392 g/mol. The number of rotatable bonds is 8. The number of benzene rings is 2. The van der Waals surface area contributed by atoms with Gasteiger partial charge in [-0.2, -0.15) is 0 Å². The molecule has 0 spiro atoms. The lowest BCUT2D eigenvalue weighted by Gasteiger charge is -2.11. The second kappa shape index (κ2) is 9.08. The van der Waals surface area contributed by atoms with Gasteiger partial charge in [-0.15, -0.1) is 0 Å². The molecule has 0 saturated carbocycles. The molecule has 0 aliphatic heterocycles. The number of amides is 1. The Morgan fingerprint density at radius 2 is 1.60 bits per heavy atom.